The van der Waals surface area contributed by atoms with Gasteiger partial charge in [0.15, 0.2) is 0 Å². The molecule has 98 valence electrons. The van der Waals surface area contributed by atoms with Crippen LogP contribution in [0.25, 0.3) is 0 Å². The van der Waals surface area contributed by atoms with E-state index >= 15 is 0 Å². The Balaban J connectivity index is 2.16. The van der Waals surface area contributed by atoms with Gasteiger partial charge >= 0.3 is 0 Å². The predicted molar refractivity (Wildman–Crippen MR) is 67.2 cm³/mol. The van der Waals surface area contributed by atoms with Crippen molar-refractivity contribution in [1.29, 1.82) is 0 Å². The molecule has 0 aliphatic carbocycles. The number of halogens is 1. The lowest BCUT2D eigenvalue weighted by atomic mass is 10.0. The average molecular weight is 253 g/mol. The monoisotopic (exact) mass is 253 g/mol. The molecule has 0 spiro atoms. The van der Waals surface area contributed by atoms with Crippen LogP contribution >= 0.6 is 0 Å². The molecule has 1 aromatic carbocycles. The molecule has 0 aromatic heterocycles. The van der Waals surface area contributed by atoms with Crippen molar-refractivity contribution in [3.8, 4) is 0 Å². The first-order valence-corrected chi connectivity index (χ1v) is 6.00. The zero-order valence-corrected chi connectivity index (χ0v) is 10.1. The smallest absolute Gasteiger partial charge is 0.292 e. The van der Waals surface area contributed by atoms with Crippen molar-refractivity contribution in [2.75, 3.05) is 11.9 Å². The number of nitro benzene ring substituents is 1. The number of nitrogens with one attached hydrogen (secondary N) is 2. The quantitative estimate of drug-likeness (QED) is 0.640. The number of anilines is 1. The van der Waals surface area contributed by atoms with Crippen molar-refractivity contribution in [1.82, 2.24) is 5.32 Å². The predicted octanol–water partition coefficient (Wildman–Crippen LogP) is 2.29. The summed E-state index contributed by atoms with van der Waals surface area (Å²) in [6.07, 6.45) is 1.74. The number of piperidine rings is 1. The molecule has 2 rings (SSSR count). The SMILES string of the molecule is CC1CC(Nc2cc(F)ccc2[N+](=O)[O-])CCN1. The lowest BCUT2D eigenvalue weighted by molar-refractivity contribution is -0.384. The van der Waals surface area contributed by atoms with Crippen LogP contribution in [0.3, 0.4) is 0 Å². The van der Waals surface area contributed by atoms with E-state index in [9.17, 15) is 14.5 Å². The average Bonchev–Trinajstić information content (AvgIpc) is 2.28. The van der Waals surface area contributed by atoms with Gasteiger partial charge in [-0.05, 0) is 32.4 Å². The first-order chi connectivity index (χ1) is 8.56. The molecule has 0 radical (unpaired) electrons. The van der Waals surface area contributed by atoms with E-state index in [0.29, 0.717) is 6.04 Å². The van der Waals surface area contributed by atoms with Crippen LogP contribution < -0.4 is 10.6 Å². The maximum atomic E-state index is 13.2. The maximum absolute atomic E-state index is 13.2. The number of benzene rings is 1. The molecule has 1 aromatic rings. The van der Waals surface area contributed by atoms with Crippen molar-refractivity contribution in [3.63, 3.8) is 0 Å². The van der Waals surface area contributed by atoms with Crippen LogP contribution in [0.15, 0.2) is 18.2 Å². The van der Waals surface area contributed by atoms with Crippen LogP contribution in [-0.2, 0) is 0 Å². The molecule has 6 heteroatoms. The highest BCUT2D eigenvalue weighted by atomic mass is 19.1. The second kappa shape index (κ2) is 5.30. The lowest BCUT2D eigenvalue weighted by Crippen LogP contribution is -2.41. The highest BCUT2D eigenvalue weighted by Gasteiger charge is 2.22. The van der Waals surface area contributed by atoms with Gasteiger partial charge in [-0.25, -0.2) is 4.39 Å². The first-order valence-electron chi connectivity index (χ1n) is 6.00. The molecular formula is C12H16FN3O2. The molecule has 0 saturated carbocycles. The number of nitro groups is 1. The molecule has 2 N–H and O–H groups in total. The Bertz CT molecular complexity index is 453. The summed E-state index contributed by atoms with van der Waals surface area (Å²) in [4.78, 5) is 10.4. The highest BCUT2D eigenvalue weighted by Crippen LogP contribution is 2.27. The summed E-state index contributed by atoms with van der Waals surface area (Å²) >= 11 is 0. The third-order valence-corrected chi connectivity index (χ3v) is 3.14. The van der Waals surface area contributed by atoms with Gasteiger partial charge in [0.25, 0.3) is 5.69 Å². The Morgan fingerprint density at radius 1 is 1.56 bits per heavy atom. The summed E-state index contributed by atoms with van der Waals surface area (Å²) in [7, 11) is 0. The molecule has 1 saturated heterocycles. The molecule has 2 unspecified atom stereocenters. The van der Waals surface area contributed by atoms with Crippen LogP contribution in [0.5, 0.6) is 0 Å². The summed E-state index contributed by atoms with van der Waals surface area (Å²) in [5.41, 5.74) is 0.182. The fourth-order valence-electron chi connectivity index (χ4n) is 2.27. The fraction of sp³-hybridized carbons (Fsp3) is 0.500. The molecule has 2 atom stereocenters. The Morgan fingerprint density at radius 3 is 3.00 bits per heavy atom. The Kier molecular flexibility index (Phi) is 3.76. The Hall–Kier alpha value is -1.69. The van der Waals surface area contributed by atoms with Gasteiger partial charge in [0.2, 0.25) is 0 Å². The Morgan fingerprint density at radius 2 is 2.33 bits per heavy atom. The van der Waals surface area contributed by atoms with Crippen LogP contribution in [-0.4, -0.2) is 23.6 Å². The van der Waals surface area contributed by atoms with Gasteiger partial charge in [-0.2, -0.15) is 0 Å². The van der Waals surface area contributed by atoms with Gasteiger partial charge in [0.05, 0.1) is 4.92 Å². The van der Waals surface area contributed by atoms with Gasteiger partial charge in [0, 0.05) is 24.2 Å². The second-order valence-corrected chi connectivity index (χ2v) is 4.64. The van der Waals surface area contributed by atoms with Crippen molar-refractivity contribution in [3.05, 3.63) is 34.1 Å². The molecule has 1 aliphatic rings. The van der Waals surface area contributed by atoms with Crippen molar-refractivity contribution < 1.29 is 9.31 Å². The second-order valence-electron chi connectivity index (χ2n) is 4.64. The molecular weight excluding hydrogens is 237 g/mol. The van der Waals surface area contributed by atoms with Crippen molar-refractivity contribution in [2.45, 2.75) is 31.8 Å². The van der Waals surface area contributed by atoms with Crippen LogP contribution in [0.2, 0.25) is 0 Å². The van der Waals surface area contributed by atoms with E-state index in [2.05, 4.69) is 17.6 Å². The van der Waals surface area contributed by atoms with E-state index in [1.54, 1.807) is 0 Å². The molecule has 5 nitrogen and oxygen atoms in total. The van der Waals surface area contributed by atoms with Gasteiger partial charge in [-0.15, -0.1) is 0 Å². The first kappa shape index (κ1) is 12.8. The topological polar surface area (TPSA) is 67.2 Å². The van der Waals surface area contributed by atoms with E-state index in [0.717, 1.165) is 25.5 Å². The number of rotatable bonds is 3. The maximum Gasteiger partial charge on any atom is 0.292 e. The van der Waals surface area contributed by atoms with Crippen molar-refractivity contribution >= 4 is 11.4 Å². The van der Waals surface area contributed by atoms with Crippen LogP contribution in [0, 0.1) is 15.9 Å². The molecule has 0 bridgehead atoms. The summed E-state index contributed by atoms with van der Waals surface area (Å²) in [5, 5.41) is 17.2. The van der Waals surface area contributed by atoms with Gasteiger partial charge in [-0.3, -0.25) is 10.1 Å². The summed E-state index contributed by atoms with van der Waals surface area (Å²) in [5.74, 6) is -0.468. The largest absolute Gasteiger partial charge is 0.377 e. The van der Waals surface area contributed by atoms with E-state index in [1.807, 2.05) is 0 Å². The van der Waals surface area contributed by atoms with Crippen molar-refractivity contribution in [2.24, 2.45) is 0 Å². The summed E-state index contributed by atoms with van der Waals surface area (Å²) in [6.45, 7) is 2.93. The third kappa shape index (κ3) is 2.95. The van der Waals surface area contributed by atoms with E-state index in [1.165, 1.54) is 12.1 Å². The van der Waals surface area contributed by atoms with E-state index < -0.39 is 10.7 Å². The third-order valence-electron chi connectivity index (χ3n) is 3.14. The number of nitrogens with zero attached hydrogens (tertiary/aromatic N) is 1. The molecule has 1 aliphatic heterocycles. The number of hydrogen-bond donors (Lipinski definition) is 2. The van der Waals surface area contributed by atoms with E-state index in [-0.39, 0.29) is 17.4 Å². The fourth-order valence-corrected chi connectivity index (χ4v) is 2.27. The molecule has 1 heterocycles. The van der Waals surface area contributed by atoms with Gasteiger partial charge in [-0.1, -0.05) is 0 Å². The van der Waals surface area contributed by atoms with Gasteiger partial charge < -0.3 is 10.6 Å². The van der Waals surface area contributed by atoms with Crippen LogP contribution in [0.1, 0.15) is 19.8 Å². The standard InChI is InChI=1S/C12H16FN3O2/c1-8-6-10(4-5-14-8)15-11-7-9(13)2-3-12(11)16(17)18/h2-3,7-8,10,14-15H,4-6H2,1H3. The number of hydrogen-bond acceptors (Lipinski definition) is 4. The minimum Gasteiger partial charge on any atom is -0.377 e. The normalized spacial score (nSPS) is 23.7. The molecule has 1 fully saturated rings. The van der Waals surface area contributed by atoms with E-state index in [4.69, 9.17) is 0 Å². The summed E-state index contributed by atoms with van der Waals surface area (Å²) in [6, 6.07) is 3.99. The molecule has 0 amide bonds. The van der Waals surface area contributed by atoms with Gasteiger partial charge in [0.1, 0.15) is 11.5 Å². The zero-order chi connectivity index (χ0) is 13.1. The minimum atomic E-state index is -0.494. The zero-order valence-electron chi connectivity index (χ0n) is 10.1. The summed E-state index contributed by atoms with van der Waals surface area (Å²) < 4.78 is 13.2. The minimum absolute atomic E-state index is 0.0809. The molecule has 18 heavy (non-hydrogen) atoms. The lowest BCUT2D eigenvalue weighted by Gasteiger charge is -2.29. The highest BCUT2D eigenvalue weighted by molar-refractivity contribution is 5.61. The van der Waals surface area contributed by atoms with Crippen LogP contribution in [0.4, 0.5) is 15.8 Å². The Labute approximate surface area is 105 Å².